The molecule has 3 aliphatic rings. The first kappa shape index (κ1) is 16.4. The van der Waals surface area contributed by atoms with Crippen LogP contribution in [0, 0.1) is 5.92 Å². The Kier molecular flexibility index (Phi) is 3.93. The molecule has 0 amide bonds. The second-order valence-electron chi connectivity index (χ2n) is 7.61. The first-order valence-corrected chi connectivity index (χ1v) is 9.60. The van der Waals surface area contributed by atoms with Gasteiger partial charge in [-0.2, -0.15) is 5.21 Å². The Morgan fingerprint density at radius 1 is 1.19 bits per heavy atom. The second kappa shape index (κ2) is 6.46. The molecule has 2 atom stereocenters. The molecule has 3 heterocycles. The molecule has 0 bridgehead atoms. The van der Waals surface area contributed by atoms with Gasteiger partial charge in [0.25, 0.3) is 0 Å². The average molecular weight is 361 g/mol. The van der Waals surface area contributed by atoms with E-state index in [1.807, 2.05) is 6.07 Å². The summed E-state index contributed by atoms with van der Waals surface area (Å²) < 4.78 is 6.49. The number of hydrogen-bond donors (Lipinski definition) is 2. The number of nitrogens with one attached hydrogen (secondary N) is 2. The maximum Gasteiger partial charge on any atom is 0.181 e. The molecule has 1 aliphatic carbocycles. The first-order chi connectivity index (χ1) is 13.2. The van der Waals surface area contributed by atoms with E-state index in [1.54, 1.807) is 0 Å². The number of tetrazole rings is 1. The van der Waals surface area contributed by atoms with Crippen LogP contribution in [0.2, 0.25) is 0 Å². The lowest BCUT2D eigenvalue weighted by Gasteiger charge is -2.40. The fraction of sp³-hybridized carbons (Fsp3) is 0.381. The predicted octanol–water partition coefficient (Wildman–Crippen LogP) is 3.01. The lowest BCUT2D eigenvalue weighted by molar-refractivity contribution is 0.0817. The monoisotopic (exact) mass is 361 g/mol. The quantitative estimate of drug-likeness (QED) is 0.860. The SMILES string of the molecule is CC1C=CC(C2=CC3(CCNCC3)Oc3ccccc32)=CC1c1nn[nH]n1. The summed E-state index contributed by atoms with van der Waals surface area (Å²) in [5.74, 6) is 2.15. The minimum atomic E-state index is -0.228. The second-order valence-corrected chi connectivity index (χ2v) is 7.61. The number of ether oxygens (including phenoxy) is 1. The van der Waals surface area contributed by atoms with Gasteiger partial charge in [0.05, 0.1) is 0 Å². The predicted molar refractivity (Wildman–Crippen MR) is 103 cm³/mol. The third kappa shape index (κ3) is 2.90. The van der Waals surface area contributed by atoms with Crippen LogP contribution >= 0.6 is 0 Å². The van der Waals surface area contributed by atoms with Gasteiger partial charge < -0.3 is 10.1 Å². The summed E-state index contributed by atoms with van der Waals surface area (Å²) in [4.78, 5) is 0. The van der Waals surface area contributed by atoms with E-state index in [9.17, 15) is 0 Å². The number of aromatic nitrogens is 4. The van der Waals surface area contributed by atoms with Crippen molar-refractivity contribution < 1.29 is 4.74 Å². The first-order valence-electron chi connectivity index (χ1n) is 9.60. The Balaban J connectivity index is 1.60. The molecular formula is C21H23N5O. The van der Waals surface area contributed by atoms with Crippen molar-refractivity contribution in [3.05, 3.63) is 65.5 Å². The number of piperidine rings is 1. The summed E-state index contributed by atoms with van der Waals surface area (Å²) in [7, 11) is 0. The van der Waals surface area contributed by atoms with Crippen LogP contribution in [-0.2, 0) is 0 Å². The molecule has 2 aromatic rings. The van der Waals surface area contributed by atoms with E-state index in [1.165, 1.54) is 11.1 Å². The summed E-state index contributed by atoms with van der Waals surface area (Å²) in [5.41, 5.74) is 3.37. The molecule has 0 radical (unpaired) electrons. The number of hydrogen-bond acceptors (Lipinski definition) is 5. The van der Waals surface area contributed by atoms with Crippen molar-refractivity contribution in [2.24, 2.45) is 5.92 Å². The number of para-hydroxylation sites is 1. The van der Waals surface area contributed by atoms with Crippen molar-refractivity contribution in [2.75, 3.05) is 13.1 Å². The number of rotatable bonds is 2. The molecule has 5 rings (SSSR count). The van der Waals surface area contributed by atoms with Crippen LogP contribution in [0.1, 0.15) is 37.1 Å². The van der Waals surface area contributed by atoms with Crippen molar-refractivity contribution in [3.63, 3.8) is 0 Å². The smallest absolute Gasteiger partial charge is 0.181 e. The van der Waals surface area contributed by atoms with E-state index in [0.29, 0.717) is 5.92 Å². The Morgan fingerprint density at radius 3 is 2.85 bits per heavy atom. The van der Waals surface area contributed by atoms with Gasteiger partial charge in [0.1, 0.15) is 11.4 Å². The molecule has 27 heavy (non-hydrogen) atoms. The highest BCUT2D eigenvalue weighted by Gasteiger charge is 2.37. The van der Waals surface area contributed by atoms with Crippen LogP contribution in [0.25, 0.3) is 5.57 Å². The molecule has 2 N–H and O–H groups in total. The van der Waals surface area contributed by atoms with Gasteiger partial charge in [-0.25, -0.2) is 0 Å². The summed E-state index contributed by atoms with van der Waals surface area (Å²) in [6.45, 7) is 4.14. The minimum absolute atomic E-state index is 0.114. The van der Waals surface area contributed by atoms with Crippen molar-refractivity contribution >= 4 is 5.57 Å². The van der Waals surface area contributed by atoms with E-state index >= 15 is 0 Å². The zero-order valence-electron chi connectivity index (χ0n) is 15.4. The van der Waals surface area contributed by atoms with Crippen LogP contribution in [0.3, 0.4) is 0 Å². The molecule has 1 spiro atoms. The highest BCUT2D eigenvalue weighted by molar-refractivity contribution is 5.87. The largest absolute Gasteiger partial charge is 0.482 e. The Bertz CT molecular complexity index is 922. The molecule has 1 aromatic carbocycles. The normalized spacial score (nSPS) is 26.1. The van der Waals surface area contributed by atoms with Crippen LogP contribution in [0.4, 0.5) is 0 Å². The topological polar surface area (TPSA) is 75.7 Å². The molecule has 6 nitrogen and oxygen atoms in total. The van der Waals surface area contributed by atoms with Crippen LogP contribution in [0.15, 0.2) is 54.1 Å². The lowest BCUT2D eigenvalue weighted by atomic mass is 9.79. The Morgan fingerprint density at radius 2 is 2.04 bits per heavy atom. The van der Waals surface area contributed by atoms with Gasteiger partial charge in [-0.3, -0.25) is 0 Å². The molecule has 0 saturated carbocycles. The summed E-state index contributed by atoms with van der Waals surface area (Å²) in [6, 6.07) is 8.35. The third-order valence-electron chi connectivity index (χ3n) is 5.82. The van der Waals surface area contributed by atoms with Gasteiger partial charge in [0, 0.05) is 24.3 Å². The fourth-order valence-electron chi connectivity index (χ4n) is 4.28. The van der Waals surface area contributed by atoms with Crippen molar-refractivity contribution in [2.45, 2.75) is 31.3 Å². The van der Waals surface area contributed by atoms with E-state index < -0.39 is 0 Å². The molecule has 2 unspecified atom stereocenters. The maximum atomic E-state index is 6.49. The molecule has 6 heteroatoms. The van der Waals surface area contributed by atoms with Gasteiger partial charge in [0.15, 0.2) is 5.82 Å². The minimum Gasteiger partial charge on any atom is -0.482 e. The number of aromatic amines is 1. The molecule has 2 aliphatic heterocycles. The third-order valence-corrected chi connectivity index (χ3v) is 5.82. The zero-order chi connectivity index (χ0) is 18.3. The van der Waals surface area contributed by atoms with E-state index in [0.717, 1.165) is 43.1 Å². The standard InChI is InChI=1S/C21H23N5O/c1-14-6-7-15(12-17(14)20-23-25-26-24-20)18-13-21(8-10-22-11-9-21)27-19-5-3-2-4-16(18)19/h2-7,12-14,17,22H,8-11H2,1H3,(H,23,24,25,26). The summed E-state index contributed by atoms with van der Waals surface area (Å²) in [5, 5.41) is 18.2. The number of H-pyrrole nitrogens is 1. The van der Waals surface area contributed by atoms with Gasteiger partial charge in [0.2, 0.25) is 0 Å². The number of nitrogens with zero attached hydrogens (tertiary/aromatic N) is 3. The highest BCUT2D eigenvalue weighted by Crippen LogP contribution is 2.44. The van der Waals surface area contributed by atoms with Crippen molar-refractivity contribution in [1.29, 1.82) is 0 Å². The maximum absolute atomic E-state index is 6.49. The number of fused-ring (bicyclic) bond motifs is 1. The molecule has 1 fully saturated rings. The zero-order valence-corrected chi connectivity index (χ0v) is 15.4. The van der Waals surface area contributed by atoms with Gasteiger partial charge in [-0.1, -0.05) is 48.6 Å². The van der Waals surface area contributed by atoms with Crippen LogP contribution in [0.5, 0.6) is 5.75 Å². The van der Waals surface area contributed by atoms with Crippen molar-refractivity contribution in [1.82, 2.24) is 25.9 Å². The number of benzene rings is 1. The van der Waals surface area contributed by atoms with E-state index in [-0.39, 0.29) is 11.5 Å². The van der Waals surface area contributed by atoms with Gasteiger partial charge in [-0.15, -0.1) is 10.2 Å². The Labute approximate surface area is 158 Å². The molecule has 1 aromatic heterocycles. The fourth-order valence-corrected chi connectivity index (χ4v) is 4.28. The van der Waals surface area contributed by atoms with Gasteiger partial charge in [-0.05, 0) is 42.3 Å². The molecule has 1 saturated heterocycles. The summed E-state index contributed by atoms with van der Waals surface area (Å²) >= 11 is 0. The summed E-state index contributed by atoms with van der Waals surface area (Å²) in [6.07, 6.45) is 11.0. The average Bonchev–Trinajstić information content (AvgIpc) is 3.23. The molecule has 138 valence electrons. The number of allylic oxidation sites excluding steroid dienone is 5. The van der Waals surface area contributed by atoms with Crippen LogP contribution < -0.4 is 10.1 Å². The van der Waals surface area contributed by atoms with Crippen molar-refractivity contribution in [3.8, 4) is 5.75 Å². The highest BCUT2D eigenvalue weighted by atomic mass is 16.5. The lowest BCUT2D eigenvalue weighted by Crippen LogP contribution is -2.46. The van der Waals surface area contributed by atoms with E-state index in [2.05, 4.69) is 75.4 Å². The van der Waals surface area contributed by atoms with E-state index in [4.69, 9.17) is 4.74 Å². The molecular weight excluding hydrogens is 338 g/mol. The Hall–Kier alpha value is -2.73. The van der Waals surface area contributed by atoms with Gasteiger partial charge >= 0.3 is 0 Å². The van der Waals surface area contributed by atoms with Crippen LogP contribution in [-0.4, -0.2) is 39.3 Å².